The molecule has 0 aliphatic carbocycles. The lowest BCUT2D eigenvalue weighted by Gasteiger charge is -1.67. The Morgan fingerprint density at radius 3 is 1.43 bits per heavy atom. The molecule has 42 valence electrons. The maximum absolute atomic E-state index is 8.11. The fourth-order valence-corrected chi connectivity index (χ4v) is 0. The first-order valence-corrected chi connectivity index (χ1v) is 5.58. The van der Waals surface area contributed by atoms with Gasteiger partial charge in [0.25, 0.3) is 14.1 Å². The number of nitrogens with zero attached hydrogens (tertiary/aromatic N) is 1. The van der Waals surface area contributed by atoms with E-state index >= 15 is 0 Å². The van der Waals surface area contributed by atoms with E-state index in [1.807, 2.05) is 0 Å². The molecule has 0 spiro atoms. The first-order chi connectivity index (χ1) is 3.15. The Morgan fingerprint density at radius 2 is 1.43 bits per heavy atom. The van der Waals surface area contributed by atoms with Gasteiger partial charge in [0.15, 0.2) is 5.34 Å². The highest BCUT2D eigenvalue weighted by Crippen LogP contribution is 1.68. The fraction of sp³-hybridized carbons (Fsp3) is 1.00. The molecule has 0 fully saturated rings. The molecule has 0 saturated carbocycles. The second-order valence-electron chi connectivity index (χ2n) is 1.81. The van der Waals surface area contributed by atoms with E-state index < -0.39 is 0 Å². The fourth-order valence-electron chi connectivity index (χ4n) is 0. The molecule has 0 unspecified atom stereocenters. The van der Waals surface area contributed by atoms with Gasteiger partial charge in [-0.3, -0.25) is 0 Å². The second kappa shape index (κ2) is 9.33. The predicted molar refractivity (Wildman–Crippen MR) is 30.9 cm³/mol. The zero-order valence-electron chi connectivity index (χ0n) is 4.88. The van der Waals surface area contributed by atoms with Gasteiger partial charge in [0.2, 0.25) is 0 Å². The van der Waals surface area contributed by atoms with E-state index in [2.05, 4.69) is 17.4 Å². The van der Waals surface area contributed by atoms with Gasteiger partial charge < -0.3 is 5.21 Å². The summed E-state index contributed by atoms with van der Waals surface area (Å²) in [6.45, 7) is 0. The lowest BCUT2D eigenvalue weighted by atomic mass is 11.8. The van der Waals surface area contributed by atoms with E-state index in [-0.39, 0.29) is 14.1 Å². The van der Waals surface area contributed by atoms with Gasteiger partial charge in [0.1, 0.15) is 0 Å². The minimum absolute atomic E-state index is 0.139. The number of hydrogen-bond acceptors (Lipinski definition) is 2. The third-order valence-corrected chi connectivity index (χ3v) is 0. The van der Waals surface area contributed by atoms with Crippen LogP contribution in [0.5, 0.6) is 0 Å². The van der Waals surface area contributed by atoms with E-state index in [1.165, 1.54) is 5.34 Å². The third-order valence-electron chi connectivity index (χ3n) is 0. The molecule has 0 heterocycles. The molecule has 0 aliphatic heterocycles. The Balaban J connectivity index is 0. The molecular weight excluding hydrogens is 109 g/mol. The molecule has 0 saturated heterocycles. The van der Waals surface area contributed by atoms with Gasteiger partial charge in [-0.05, 0) is 0 Å². The van der Waals surface area contributed by atoms with Crippen LogP contribution in [0.3, 0.4) is 0 Å². The molecule has 0 atom stereocenters. The van der Waals surface area contributed by atoms with Crippen LogP contribution >= 0.6 is 0 Å². The number of hydrogen-bond donors (Lipinski definition) is 1. The zero-order valence-corrected chi connectivity index (χ0v) is 6.03. The lowest BCUT2D eigenvalue weighted by Crippen LogP contribution is -1.84. The summed E-state index contributed by atoms with van der Waals surface area (Å²) in [5.74, 6) is 6.92. The molecular formula is C3H10AlNO2. The molecule has 4 heteroatoms. The van der Waals surface area contributed by atoms with Crippen LogP contribution < -0.4 is 0 Å². The van der Waals surface area contributed by atoms with E-state index in [4.69, 9.17) is 10.1 Å². The maximum Gasteiger partial charge on any atom is 0.251 e. The summed E-state index contributed by atoms with van der Waals surface area (Å²) in [5, 5.41) is 7.89. The summed E-state index contributed by atoms with van der Waals surface area (Å²) in [4.78, 5) is 8.11. The van der Waals surface area contributed by atoms with Gasteiger partial charge in [0, 0.05) is 0 Å². The molecule has 7 heavy (non-hydrogen) atoms. The molecule has 0 aliphatic rings. The van der Waals surface area contributed by atoms with Crippen LogP contribution in [-0.4, -0.2) is 19.4 Å². The van der Waals surface area contributed by atoms with Crippen LogP contribution in [0.25, 0.3) is 0 Å². The molecule has 3 nitrogen and oxygen atoms in total. The van der Waals surface area contributed by atoms with Crippen LogP contribution in [0.4, 0.5) is 0 Å². The van der Waals surface area contributed by atoms with Crippen molar-refractivity contribution in [3.05, 3.63) is 4.91 Å². The average molecular weight is 119 g/mol. The minimum atomic E-state index is -0.139. The van der Waals surface area contributed by atoms with Crippen LogP contribution in [0, 0.1) is 4.91 Å². The highest BCUT2D eigenvalue weighted by Gasteiger charge is 1.81. The SMILES string of the molecule is O=NO.[CH3][Al]([CH3])[CH3]. The smallest absolute Gasteiger partial charge is 0.251 e. The second-order valence-corrected chi connectivity index (χ2v) is 5.28. The molecule has 0 radical (unpaired) electrons. The first kappa shape index (κ1) is 10.0. The topological polar surface area (TPSA) is 49.7 Å². The van der Waals surface area contributed by atoms with E-state index in [1.54, 1.807) is 0 Å². The Hall–Kier alpha value is -0.0675. The van der Waals surface area contributed by atoms with Crippen molar-refractivity contribution < 1.29 is 5.21 Å². The summed E-state index contributed by atoms with van der Waals surface area (Å²) >= 11 is -0.139. The van der Waals surface area contributed by atoms with Crippen molar-refractivity contribution in [2.45, 2.75) is 17.4 Å². The summed E-state index contributed by atoms with van der Waals surface area (Å²) in [7, 11) is 0. The highest BCUT2D eigenvalue weighted by atomic mass is 27.2. The zero-order chi connectivity index (χ0) is 6.28. The Bertz CT molecular complexity index is 37.2. The molecule has 0 amide bonds. The Morgan fingerprint density at radius 1 is 1.43 bits per heavy atom. The minimum Gasteiger partial charge on any atom is -0.379 e. The van der Waals surface area contributed by atoms with Crippen LogP contribution in [-0.2, 0) is 0 Å². The normalized spacial score (nSPS) is 5.57. The molecule has 1 N–H and O–H groups in total. The van der Waals surface area contributed by atoms with Crippen LogP contribution in [0.15, 0.2) is 5.34 Å². The van der Waals surface area contributed by atoms with Crippen molar-refractivity contribution in [2.75, 3.05) is 0 Å². The van der Waals surface area contributed by atoms with Crippen molar-refractivity contribution in [3.63, 3.8) is 0 Å². The highest BCUT2D eigenvalue weighted by molar-refractivity contribution is 6.54. The van der Waals surface area contributed by atoms with Gasteiger partial charge in [-0.2, -0.15) is 0 Å². The molecule has 0 aromatic rings. The average Bonchev–Trinajstić information content (AvgIpc) is 1.33. The summed E-state index contributed by atoms with van der Waals surface area (Å²) < 4.78 is 0. The van der Waals surface area contributed by atoms with E-state index in [9.17, 15) is 0 Å². The van der Waals surface area contributed by atoms with Crippen LogP contribution in [0.1, 0.15) is 0 Å². The Kier molecular flexibility index (Phi) is 13.4. The summed E-state index contributed by atoms with van der Waals surface area (Å²) in [5.41, 5.74) is 0. The van der Waals surface area contributed by atoms with Crippen molar-refractivity contribution in [1.82, 2.24) is 0 Å². The van der Waals surface area contributed by atoms with Gasteiger partial charge in [0.05, 0.1) is 0 Å². The molecule has 0 aromatic carbocycles. The molecule has 0 aromatic heterocycles. The van der Waals surface area contributed by atoms with E-state index in [0.29, 0.717) is 0 Å². The quantitative estimate of drug-likeness (QED) is 0.298. The van der Waals surface area contributed by atoms with Gasteiger partial charge in [-0.1, -0.05) is 0 Å². The van der Waals surface area contributed by atoms with E-state index in [0.717, 1.165) is 0 Å². The van der Waals surface area contributed by atoms with Gasteiger partial charge >= 0.3 is 0 Å². The van der Waals surface area contributed by atoms with Gasteiger partial charge in [-0.25, -0.2) is 0 Å². The monoisotopic (exact) mass is 119 g/mol. The van der Waals surface area contributed by atoms with Crippen LogP contribution in [0.2, 0.25) is 17.4 Å². The first-order valence-electron chi connectivity index (χ1n) is 2.11. The summed E-state index contributed by atoms with van der Waals surface area (Å²) in [6.07, 6.45) is 0. The van der Waals surface area contributed by atoms with Crippen molar-refractivity contribution in [1.29, 1.82) is 0 Å². The number of rotatable bonds is 0. The summed E-state index contributed by atoms with van der Waals surface area (Å²) in [6, 6.07) is 0. The molecule has 0 rings (SSSR count). The standard InChI is InChI=1S/3CH3.Al.HNO2/c;;;;2-1-3/h3*1H3;;(H,2,3). The molecule has 0 bridgehead atoms. The third kappa shape index (κ3) is 20100. The maximum atomic E-state index is 8.11. The van der Waals surface area contributed by atoms with Crippen molar-refractivity contribution in [3.8, 4) is 0 Å². The predicted octanol–water partition coefficient (Wildman–Crippen LogP) is 1.51. The largest absolute Gasteiger partial charge is 0.379 e. The Labute approximate surface area is 47.7 Å². The van der Waals surface area contributed by atoms with Gasteiger partial charge in [-0.15, -0.1) is 22.3 Å². The van der Waals surface area contributed by atoms with Crippen molar-refractivity contribution in [2.24, 2.45) is 5.34 Å². The lowest BCUT2D eigenvalue weighted by molar-refractivity contribution is 0.312. The van der Waals surface area contributed by atoms with Crippen molar-refractivity contribution >= 4 is 14.1 Å².